The molecule has 10 heteroatoms. The van der Waals surface area contributed by atoms with Crippen LogP contribution in [0.1, 0.15) is 18.4 Å². The summed E-state index contributed by atoms with van der Waals surface area (Å²) in [5.74, 6) is 1.56. The number of urea groups is 1. The number of amides is 3. The highest BCUT2D eigenvalue weighted by Gasteiger charge is 2.25. The van der Waals surface area contributed by atoms with Crippen LogP contribution in [0.5, 0.6) is 0 Å². The highest BCUT2D eigenvalue weighted by atomic mass is 16.2. The first-order valence-corrected chi connectivity index (χ1v) is 8.83. The SMILES string of the molecule is O=C1NC(=O)/C(=C/c2cnn3c(NC4CC4)cc(Nc4ccccn4)nc23)N1. The van der Waals surface area contributed by atoms with Crippen LogP contribution in [-0.4, -0.2) is 37.6 Å². The fraction of sp³-hybridized carbons (Fsp3) is 0.167. The van der Waals surface area contributed by atoms with Gasteiger partial charge in [-0.25, -0.2) is 14.8 Å². The summed E-state index contributed by atoms with van der Waals surface area (Å²) in [6.07, 6.45) is 7.07. The van der Waals surface area contributed by atoms with E-state index in [1.807, 2.05) is 24.3 Å². The Morgan fingerprint density at radius 2 is 2.07 bits per heavy atom. The average Bonchev–Trinajstić information content (AvgIpc) is 3.32. The molecule has 0 radical (unpaired) electrons. The monoisotopic (exact) mass is 376 g/mol. The van der Waals surface area contributed by atoms with Crippen LogP contribution >= 0.6 is 0 Å². The van der Waals surface area contributed by atoms with Crippen molar-refractivity contribution in [2.75, 3.05) is 10.6 Å². The Labute approximate surface area is 159 Å². The molecule has 4 heterocycles. The minimum atomic E-state index is -0.547. The third-order valence-electron chi connectivity index (χ3n) is 4.37. The number of carbonyl (C=O) groups excluding carboxylic acids is 2. The highest BCUT2D eigenvalue weighted by molar-refractivity contribution is 6.14. The van der Waals surface area contributed by atoms with Gasteiger partial charge in [0.25, 0.3) is 5.91 Å². The standard InChI is InChI=1S/C18H16N8O2/c27-17-12(22-18(28)25-17)7-10-9-20-26-15(21-11-4-5-11)8-14(24-16(10)26)23-13-3-1-2-6-19-13/h1-3,6-9,11,21H,4-5H2,(H,19,23,24)(H2,22,25,27,28)/b12-7-. The number of carbonyl (C=O) groups is 2. The Kier molecular flexibility index (Phi) is 3.68. The van der Waals surface area contributed by atoms with Crippen LogP contribution < -0.4 is 21.3 Å². The van der Waals surface area contributed by atoms with Crippen molar-refractivity contribution in [3.63, 3.8) is 0 Å². The molecule has 2 aliphatic rings. The predicted molar refractivity (Wildman–Crippen MR) is 102 cm³/mol. The van der Waals surface area contributed by atoms with Crippen LogP contribution in [0.2, 0.25) is 0 Å². The first-order valence-electron chi connectivity index (χ1n) is 8.83. The molecule has 140 valence electrons. The number of hydrogen-bond donors (Lipinski definition) is 4. The largest absolute Gasteiger partial charge is 0.367 e. The second kappa shape index (κ2) is 6.34. The molecule has 2 fully saturated rings. The molecule has 0 spiro atoms. The van der Waals surface area contributed by atoms with Gasteiger partial charge in [-0.2, -0.15) is 9.61 Å². The number of rotatable bonds is 5. The van der Waals surface area contributed by atoms with Gasteiger partial charge in [-0.05, 0) is 31.1 Å². The number of nitrogens with one attached hydrogen (secondary N) is 4. The van der Waals surface area contributed by atoms with E-state index < -0.39 is 11.9 Å². The third kappa shape index (κ3) is 3.11. The molecule has 5 rings (SSSR count). The highest BCUT2D eigenvalue weighted by Crippen LogP contribution is 2.28. The van der Waals surface area contributed by atoms with Gasteiger partial charge in [0.05, 0.1) is 6.20 Å². The van der Waals surface area contributed by atoms with Crippen LogP contribution in [0.25, 0.3) is 11.7 Å². The Morgan fingerprint density at radius 1 is 1.18 bits per heavy atom. The van der Waals surface area contributed by atoms with E-state index in [1.165, 1.54) is 0 Å². The van der Waals surface area contributed by atoms with E-state index in [9.17, 15) is 9.59 Å². The van der Waals surface area contributed by atoms with Gasteiger partial charge in [0.1, 0.15) is 23.2 Å². The van der Waals surface area contributed by atoms with E-state index in [0.29, 0.717) is 28.9 Å². The molecule has 1 saturated carbocycles. The summed E-state index contributed by atoms with van der Waals surface area (Å²) in [5.41, 5.74) is 1.31. The minimum absolute atomic E-state index is 0.154. The molecule has 0 aromatic carbocycles. The summed E-state index contributed by atoms with van der Waals surface area (Å²) in [6, 6.07) is 7.30. The van der Waals surface area contributed by atoms with Crippen molar-refractivity contribution >= 4 is 41.1 Å². The summed E-state index contributed by atoms with van der Waals surface area (Å²) < 4.78 is 1.68. The van der Waals surface area contributed by atoms with Gasteiger partial charge < -0.3 is 16.0 Å². The van der Waals surface area contributed by atoms with E-state index in [2.05, 4.69) is 36.3 Å². The molecule has 3 aromatic rings. The van der Waals surface area contributed by atoms with Crippen molar-refractivity contribution in [1.82, 2.24) is 30.2 Å². The van der Waals surface area contributed by atoms with Crippen LogP contribution in [0, 0.1) is 0 Å². The second-order valence-electron chi connectivity index (χ2n) is 6.59. The number of hydrogen-bond acceptors (Lipinski definition) is 7. The van der Waals surface area contributed by atoms with Gasteiger partial charge in [-0.1, -0.05) is 6.07 Å². The zero-order valence-electron chi connectivity index (χ0n) is 14.6. The molecule has 4 N–H and O–H groups in total. The molecule has 0 atom stereocenters. The number of aromatic nitrogens is 4. The van der Waals surface area contributed by atoms with Crippen molar-refractivity contribution in [3.05, 3.63) is 47.9 Å². The molecule has 10 nitrogen and oxygen atoms in total. The van der Waals surface area contributed by atoms with Crippen LogP contribution in [-0.2, 0) is 4.79 Å². The molecule has 28 heavy (non-hydrogen) atoms. The van der Waals surface area contributed by atoms with E-state index in [-0.39, 0.29) is 5.70 Å². The lowest BCUT2D eigenvalue weighted by Crippen LogP contribution is -2.22. The van der Waals surface area contributed by atoms with Crippen LogP contribution in [0.15, 0.2) is 42.4 Å². The Bertz CT molecular complexity index is 1120. The van der Waals surface area contributed by atoms with Gasteiger partial charge in [-0.15, -0.1) is 0 Å². The third-order valence-corrected chi connectivity index (χ3v) is 4.37. The van der Waals surface area contributed by atoms with Crippen LogP contribution in [0.3, 0.4) is 0 Å². The number of imide groups is 1. The van der Waals surface area contributed by atoms with Crippen LogP contribution in [0.4, 0.5) is 22.2 Å². The summed E-state index contributed by atoms with van der Waals surface area (Å²) in [4.78, 5) is 32.1. The maximum atomic E-state index is 11.8. The maximum absolute atomic E-state index is 11.8. The van der Waals surface area contributed by atoms with E-state index >= 15 is 0 Å². The lowest BCUT2D eigenvalue weighted by molar-refractivity contribution is -0.115. The number of nitrogens with zero attached hydrogens (tertiary/aromatic N) is 4. The first-order chi connectivity index (χ1) is 13.7. The van der Waals surface area contributed by atoms with E-state index in [0.717, 1.165) is 18.7 Å². The maximum Gasteiger partial charge on any atom is 0.326 e. The number of fused-ring (bicyclic) bond motifs is 1. The normalized spacial score (nSPS) is 17.6. The minimum Gasteiger partial charge on any atom is -0.367 e. The van der Waals surface area contributed by atoms with Gasteiger partial charge in [0.2, 0.25) is 0 Å². The Morgan fingerprint density at radius 3 is 2.79 bits per heavy atom. The molecule has 0 bridgehead atoms. The quantitative estimate of drug-likeness (QED) is 0.394. The zero-order chi connectivity index (χ0) is 19.1. The lowest BCUT2D eigenvalue weighted by Gasteiger charge is -2.11. The van der Waals surface area contributed by atoms with Gasteiger partial charge in [0, 0.05) is 23.9 Å². The lowest BCUT2D eigenvalue weighted by atomic mass is 10.2. The summed E-state index contributed by atoms with van der Waals surface area (Å²) in [6.45, 7) is 0. The Hall–Kier alpha value is -3.95. The van der Waals surface area contributed by atoms with E-state index in [4.69, 9.17) is 0 Å². The molecular weight excluding hydrogens is 360 g/mol. The molecule has 1 saturated heterocycles. The van der Waals surface area contributed by atoms with Crippen molar-refractivity contribution in [1.29, 1.82) is 0 Å². The topological polar surface area (TPSA) is 125 Å². The smallest absolute Gasteiger partial charge is 0.326 e. The number of anilines is 3. The average molecular weight is 376 g/mol. The molecular formula is C18H16N8O2. The molecule has 0 unspecified atom stereocenters. The molecule has 3 aromatic heterocycles. The van der Waals surface area contributed by atoms with Crippen molar-refractivity contribution in [3.8, 4) is 0 Å². The summed E-state index contributed by atoms with van der Waals surface area (Å²) in [7, 11) is 0. The fourth-order valence-electron chi connectivity index (χ4n) is 2.89. The van der Waals surface area contributed by atoms with E-state index in [1.54, 1.807) is 23.0 Å². The van der Waals surface area contributed by atoms with Gasteiger partial charge in [0.15, 0.2) is 5.65 Å². The molecule has 3 amide bonds. The number of pyridine rings is 1. The predicted octanol–water partition coefficient (Wildman–Crippen LogP) is 1.62. The van der Waals surface area contributed by atoms with Gasteiger partial charge in [-0.3, -0.25) is 10.1 Å². The fourth-order valence-corrected chi connectivity index (χ4v) is 2.89. The summed E-state index contributed by atoms with van der Waals surface area (Å²) >= 11 is 0. The molecule has 1 aliphatic carbocycles. The Balaban J connectivity index is 1.58. The van der Waals surface area contributed by atoms with Crippen molar-refractivity contribution in [2.24, 2.45) is 0 Å². The second-order valence-corrected chi connectivity index (χ2v) is 6.59. The first kappa shape index (κ1) is 16.2. The van der Waals surface area contributed by atoms with Crippen molar-refractivity contribution < 1.29 is 9.59 Å². The van der Waals surface area contributed by atoms with Gasteiger partial charge >= 0.3 is 6.03 Å². The van der Waals surface area contributed by atoms with Crippen molar-refractivity contribution in [2.45, 2.75) is 18.9 Å². The molecule has 1 aliphatic heterocycles. The summed E-state index contributed by atoms with van der Waals surface area (Å²) in [5, 5.41) is 15.7. The zero-order valence-corrected chi connectivity index (χ0v) is 14.6.